The maximum Gasteiger partial charge on any atom is 0.309 e. The van der Waals surface area contributed by atoms with Crippen molar-refractivity contribution >= 4 is 105 Å². The second kappa shape index (κ2) is 26.9. The van der Waals surface area contributed by atoms with Gasteiger partial charge in [-0.3, -0.25) is 63.5 Å². The summed E-state index contributed by atoms with van der Waals surface area (Å²) in [6, 6.07) is 4.34. The molecule has 2 aromatic carbocycles. The van der Waals surface area contributed by atoms with Crippen LogP contribution in [0.5, 0.6) is 11.5 Å². The highest BCUT2D eigenvalue weighted by atomic mass is 32.2. The highest BCUT2D eigenvalue weighted by molar-refractivity contribution is 8.00. The van der Waals surface area contributed by atoms with Crippen LogP contribution in [0.1, 0.15) is 118 Å². The summed E-state index contributed by atoms with van der Waals surface area (Å²) >= 11 is 1.16. The number of aryl methyl sites for hydroxylation is 4. The number of nitrogens with two attached hydrogens (primary N) is 2. The quantitative estimate of drug-likeness (QED) is 0.0168. The molecule has 7 amide bonds. The number of hydrogen-bond donors (Lipinski definition) is 6. The van der Waals surface area contributed by atoms with Crippen molar-refractivity contribution in [1.29, 1.82) is 0 Å². The number of carbonyl (C=O) groups is 10. The van der Waals surface area contributed by atoms with Gasteiger partial charge in [0.15, 0.2) is 17.6 Å². The molecule has 0 radical (unpaired) electrons. The molecule has 8 N–H and O–H groups in total. The molecular formula is C54H62N12O16S. The van der Waals surface area contributed by atoms with E-state index in [0.717, 1.165) is 16.7 Å². The van der Waals surface area contributed by atoms with Gasteiger partial charge in [0.05, 0.1) is 60.0 Å². The van der Waals surface area contributed by atoms with Gasteiger partial charge in [0.2, 0.25) is 53.0 Å². The monoisotopic (exact) mass is 1170 g/mol. The molecule has 0 saturated carbocycles. The normalized spacial score (nSPS) is 14.1. The third kappa shape index (κ3) is 14.4. The van der Waals surface area contributed by atoms with Gasteiger partial charge in [-0.25, -0.2) is 19.9 Å². The van der Waals surface area contributed by atoms with Gasteiger partial charge < -0.3 is 54.1 Å². The number of ketones is 1. The predicted octanol–water partition coefficient (Wildman–Crippen LogP) is 3.82. The van der Waals surface area contributed by atoms with E-state index in [1.54, 1.807) is 48.3 Å². The molecule has 1 unspecified atom stereocenters. The van der Waals surface area contributed by atoms with Crippen molar-refractivity contribution in [3.63, 3.8) is 0 Å². The summed E-state index contributed by atoms with van der Waals surface area (Å²) in [6.45, 7) is 7.22. The number of fused-ring (bicyclic) bond motifs is 2. The fourth-order valence-corrected chi connectivity index (χ4v) is 9.70. The number of ether oxygens (including phenoxy) is 3. The molecule has 4 aromatic heterocycles. The number of oxazole rings is 2. The van der Waals surface area contributed by atoms with Crippen molar-refractivity contribution in [3.8, 4) is 11.5 Å². The Kier molecular flexibility index (Phi) is 19.8. The van der Waals surface area contributed by atoms with Crippen LogP contribution in [0, 0.1) is 19.8 Å². The van der Waals surface area contributed by atoms with Crippen molar-refractivity contribution in [1.82, 2.24) is 39.3 Å². The first-order valence-corrected chi connectivity index (χ1v) is 27.5. The van der Waals surface area contributed by atoms with Crippen LogP contribution in [-0.4, -0.2) is 143 Å². The molecule has 6 aromatic rings. The Bertz CT molecular complexity index is 3580. The van der Waals surface area contributed by atoms with Crippen molar-refractivity contribution in [2.45, 2.75) is 104 Å². The third-order valence-electron chi connectivity index (χ3n) is 13.1. The Morgan fingerprint density at radius 2 is 1.34 bits per heavy atom. The van der Waals surface area contributed by atoms with Gasteiger partial charge in [0.1, 0.15) is 29.1 Å². The number of imidazole rings is 2. The zero-order valence-electron chi connectivity index (χ0n) is 46.4. The van der Waals surface area contributed by atoms with E-state index in [9.17, 15) is 53.1 Å². The lowest BCUT2D eigenvalue weighted by molar-refractivity contribution is -0.150. The van der Waals surface area contributed by atoms with Gasteiger partial charge in [0, 0.05) is 63.7 Å². The number of amides is 7. The number of methoxy groups -OCH3 is 1. The lowest BCUT2D eigenvalue weighted by Crippen LogP contribution is -2.47. The second-order valence-electron chi connectivity index (χ2n) is 19.1. The number of primary amides is 2. The Labute approximate surface area is 477 Å². The summed E-state index contributed by atoms with van der Waals surface area (Å²) in [7, 11) is 1.40. The fraction of sp³-hybridized carbons (Fsp3) is 0.407. The van der Waals surface area contributed by atoms with Crippen LogP contribution < -0.4 is 36.9 Å². The molecule has 1 aliphatic heterocycles. The molecule has 5 heterocycles. The minimum atomic E-state index is -1.35. The van der Waals surface area contributed by atoms with E-state index in [-0.39, 0.29) is 120 Å². The zero-order chi connectivity index (χ0) is 60.4. The lowest BCUT2D eigenvalue weighted by atomic mass is 9.97. The number of carbonyl (C=O) groups excluding carboxylic acids is 9. The van der Waals surface area contributed by atoms with Crippen molar-refractivity contribution in [2.24, 2.45) is 17.4 Å². The highest BCUT2D eigenvalue weighted by Gasteiger charge is 2.39. The summed E-state index contributed by atoms with van der Waals surface area (Å²) in [5, 5.41) is 16.7. The standard InChI is InChI=1S/C54H62N12O16S/c1-8-31-45(81-27(4)57-31)49(74)62-53-60-34-20-29(47(55)72)22-37(78-6)43(34)64(53)15-10-11-16-65-44-35(61-54(65)63-50(75)46-32(9-2)58-28(5)82-46)21-30(48(56)73)23-38(44)79-17-12-18-80-52(77)26(3)19-36(67)33(13-14-42(70)71)59-40(68)25-66-41(69)24-39(83-7)51(66)76/h10-11,20-23,26,33,39H,8-9,12-19,24-25H2,1-7H3,(H2,55,72)(H2,56,73)(H,59,68)(H,70,71)(H,60,62,74)(H,61,63,75)/b11-10+/t26-,33-,39?/m1/s1. The number of hydrogen-bond acceptors (Lipinski definition) is 20. The number of carboxylic acid groups (broad SMARTS) is 1. The number of nitrogens with zero attached hydrogens (tertiary/aromatic N) is 7. The lowest BCUT2D eigenvalue weighted by Gasteiger charge is -2.21. The van der Waals surface area contributed by atoms with Gasteiger partial charge in [-0.05, 0) is 49.8 Å². The summed E-state index contributed by atoms with van der Waals surface area (Å²) < 4.78 is 31.9. The molecule has 1 aliphatic rings. The molecule has 440 valence electrons. The molecule has 28 nitrogen and oxygen atoms in total. The molecule has 29 heteroatoms. The number of imide groups is 1. The van der Waals surface area contributed by atoms with Crippen LogP contribution in [0.25, 0.3) is 22.1 Å². The average Bonchev–Trinajstić information content (AvgIpc) is 2.76. The molecule has 0 bridgehead atoms. The molecular weight excluding hydrogens is 1100 g/mol. The first-order valence-electron chi connectivity index (χ1n) is 26.2. The summed E-state index contributed by atoms with van der Waals surface area (Å²) in [5.41, 5.74) is 13.4. The van der Waals surface area contributed by atoms with Crippen LogP contribution in [0.2, 0.25) is 0 Å². The Balaban J connectivity index is 1.11. The zero-order valence-corrected chi connectivity index (χ0v) is 47.3. The Morgan fingerprint density at radius 3 is 1.82 bits per heavy atom. The molecule has 0 aliphatic carbocycles. The van der Waals surface area contributed by atoms with E-state index < -0.39 is 95.7 Å². The van der Waals surface area contributed by atoms with Gasteiger partial charge in [-0.2, -0.15) is 11.8 Å². The SMILES string of the molecule is CCc1nc(C)oc1C(=O)Nc1nc2cc(C(N)=O)cc(OC)c2n1C/C=C/Cn1c(NC(=O)c2oc(C)nc2CC)nc2cc(C(N)=O)cc(OCCCOC(=O)[C@H](C)CC(=O)[C@@H](CCC(=O)O)NC(=O)CN3C(=O)CC(SC)C3=O)c21. The van der Waals surface area contributed by atoms with Crippen LogP contribution in [0.3, 0.4) is 0 Å². The fourth-order valence-electron chi connectivity index (χ4n) is 9.06. The molecule has 1 fully saturated rings. The van der Waals surface area contributed by atoms with Crippen molar-refractivity contribution in [2.75, 3.05) is 43.8 Å². The van der Waals surface area contributed by atoms with Crippen molar-refractivity contribution in [3.05, 3.63) is 82.2 Å². The minimum absolute atomic E-state index is 0.00345. The van der Waals surface area contributed by atoms with Gasteiger partial charge in [0.25, 0.3) is 11.8 Å². The summed E-state index contributed by atoms with van der Waals surface area (Å²) in [4.78, 5) is 147. The Hall–Kier alpha value is -9.41. The van der Waals surface area contributed by atoms with E-state index in [1.807, 2.05) is 6.92 Å². The molecule has 1 saturated heterocycles. The second-order valence-corrected chi connectivity index (χ2v) is 20.1. The smallest absolute Gasteiger partial charge is 0.309 e. The number of thioether (sulfide) groups is 1. The number of allylic oxidation sites excluding steroid dienone is 2. The first-order chi connectivity index (χ1) is 39.5. The molecule has 3 atom stereocenters. The topological polar surface area (TPSA) is 398 Å². The number of anilines is 2. The summed E-state index contributed by atoms with van der Waals surface area (Å²) in [6.07, 6.45) is 4.55. The first kappa shape index (κ1) is 61.2. The number of likely N-dealkylation sites (tertiary alicyclic amines) is 1. The Morgan fingerprint density at radius 1 is 0.807 bits per heavy atom. The number of esters is 1. The number of rotatable bonds is 29. The van der Waals surface area contributed by atoms with Crippen LogP contribution in [0.4, 0.5) is 11.9 Å². The molecule has 0 spiro atoms. The molecule has 83 heavy (non-hydrogen) atoms. The van der Waals surface area contributed by atoms with Crippen LogP contribution >= 0.6 is 11.8 Å². The van der Waals surface area contributed by atoms with Gasteiger partial charge in [-0.1, -0.05) is 32.9 Å². The van der Waals surface area contributed by atoms with Gasteiger partial charge >= 0.3 is 11.9 Å². The summed E-state index contributed by atoms with van der Waals surface area (Å²) in [5.74, 6) is -7.82. The van der Waals surface area contributed by atoms with E-state index in [4.69, 9.17) is 34.5 Å². The minimum Gasteiger partial charge on any atom is -0.494 e. The van der Waals surface area contributed by atoms with Crippen LogP contribution in [0.15, 0.2) is 45.3 Å². The highest BCUT2D eigenvalue weighted by Crippen LogP contribution is 2.34. The largest absolute Gasteiger partial charge is 0.494 e. The molecule has 7 rings (SSSR count). The number of Topliss-reactive ketones (excluding diaryl/α,β-unsaturated/α-hetero) is 1. The number of carboxylic acids is 1. The van der Waals surface area contributed by atoms with Crippen LogP contribution in [-0.2, 0) is 59.4 Å². The van der Waals surface area contributed by atoms with E-state index in [1.165, 1.54) is 38.3 Å². The van der Waals surface area contributed by atoms with E-state index in [2.05, 4.69) is 35.9 Å². The maximum absolute atomic E-state index is 13.9. The maximum atomic E-state index is 13.9. The number of aliphatic carboxylic acids is 1. The van der Waals surface area contributed by atoms with Gasteiger partial charge in [-0.15, -0.1) is 0 Å². The number of nitrogens with one attached hydrogen (secondary N) is 3. The number of aromatic nitrogens is 6. The van der Waals surface area contributed by atoms with E-state index >= 15 is 0 Å². The van der Waals surface area contributed by atoms with Crippen molar-refractivity contribution < 1.29 is 76.1 Å². The number of benzene rings is 2. The van der Waals surface area contributed by atoms with E-state index in [0.29, 0.717) is 29.7 Å². The average molecular weight is 1170 g/mol. The predicted molar refractivity (Wildman–Crippen MR) is 297 cm³/mol. The third-order valence-corrected chi connectivity index (χ3v) is 14.1.